The Labute approximate surface area is 303 Å². The fourth-order valence-corrected chi connectivity index (χ4v) is 8.00. The lowest BCUT2D eigenvalue weighted by Crippen LogP contribution is -2.33. The monoisotopic (exact) mass is 668 g/mol. The van der Waals surface area contributed by atoms with Crippen LogP contribution < -0.4 is 20.8 Å². The number of para-hydroxylation sites is 3. The van der Waals surface area contributed by atoms with Gasteiger partial charge in [-0.3, -0.25) is 4.90 Å². The average molecular weight is 669 g/mol. The van der Waals surface area contributed by atoms with E-state index >= 15 is 0 Å². The second-order valence-electron chi connectivity index (χ2n) is 13.6. The average Bonchev–Trinajstić information content (AvgIpc) is 3.45. The van der Waals surface area contributed by atoms with E-state index < -0.39 is 0 Å². The molecule has 6 aromatic carbocycles. The van der Waals surface area contributed by atoms with Gasteiger partial charge in [0.15, 0.2) is 0 Å². The van der Waals surface area contributed by atoms with Crippen LogP contribution in [0.25, 0.3) is 46.6 Å². The van der Waals surface area contributed by atoms with Crippen molar-refractivity contribution in [3.8, 4) is 5.69 Å². The summed E-state index contributed by atoms with van der Waals surface area (Å²) in [6.07, 6.45) is 12.3. The molecule has 0 radical (unpaired) electrons. The highest BCUT2D eigenvalue weighted by molar-refractivity contribution is 6.17. The van der Waals surface area contributed by atoms with Crippen molar-refractivity contribution in [1.82, 2.24) is 9.88 Å². The van der Waals surface area contributed by atoms with Gasteiger partial charge in [-0.25, -0.2) is 4.99 Å². The first-order valence-electron chi connectivity index (χ1n) is 18.0. The Balaban J connectivity index is 1.12. The van der Waals surface area contributed by atoms with Crippen LogP contribution >= 0.6 is 0 Å². The minimum atomic E-state index is -0.236. The number of fused-ring (bicyclic) bond motifs is 5. The Morgan fingerprint density at radius 2 is 1.31 bits per heavy atom. The van der Waals surface area contributed by atoms with E-state index in [9.17, 15) is 0 Å². The van der Waals surface area contributed by atoms with Gasteiger partial charge in [-0.2, -0.15) is 0 Å². The maximum Gasteiger partial charge on any atom is 0.147 e. The molecular weight excluding hydrogens is 633 g/mol. The van der Waals surface area contributed by atoms with Gasteiger partial charge in [0.2, 0.25) is 0 Å². The number of aliphatic imine (C=N–C) groups is 1. The van der Waals surface area contributed by atoms with Gasteiger partial charge in [-0.05, 0) is 70.6 Å². The van der Waals surface area contributed by atoms with Crippen LogP contribution in [0.2, 0.25) is 0 Å². The van der Waals surface area contributed by atoms with Crippen LogP contribution in [-0.4, -0.2) is 10.4 Å². The number of nitrogens with one attached hydrogen (secondary N) is 1. The first-order chi connectivity index (χ1) is 25.8. The lowest BCUT2D eigenvalue weighted by Gasteiger charge is -2.32. The molecule has 4 heteroatoms. The van der Waals surface area contributed by atoms with E-state index in [1.54, 1.807) is 0 Å². The van der Waals surface area contributed by atoms with E-state index in [2.05, 4.69) is 203 Å². The maximum absolute atomic E-state index is 5.40. The van der Waals surface area contributed by atoms with Crippen LogP contribution in [0.5, 0.6) is 0 Å². The largest absolute Gasteiger partial charge is 0.359 e. The molecule has 52 heavy (non-hydrogen) atoms. The SMILES string of the molecule is C1=Cc2cc(C3C=c4c(c5ccccc5n4-c4ccccc4)=CC3)ccc2N(C2=NC(c3ccccc3)NC(c3ccccc3)=C2)c2ccccc21. The van der Waals surface area contributed by atoms with E-state index in [0.717, 1.165) is 46.0 Å². The lowest BCUT2D eigenvalue weighted by atomic mass is 9.90. The molecule has 2 aliphatic heterocycles. The van der Waals surface area contributed by atoms with E-state index in [1.807, 2.05) is 0 Å². The van der Waals surface area contributed by atoms with Crippen LogP contribution in [0.1, 0.15) is 46.3 Å². The first kappa shape index (κ1) is 30.2. The molecule has 2 atom stereocenters. The van der Waals surface area contributed by atoms with E-state index in [-0.39, 0.29) is 12.1 Å². The van der Waals surface area contributed by atoms with Crippen molar-refractivity contribution in [2.75, 3.05) is 4.90 Å². The summed E-state index contributed by atoms with van der Waals surface area (Å²) in [5, 5.41) is 7.61. The number of rotatable bonds is 4. The summed E-state index contributed by atoms with van der Waals surface area (Å²) >= 11 is 0. The predicted molar refractivity (Wildman–Crippen MR) is 217 cm³/mol. The highest BCUT2D eigenvalue weighted by atomic mass is 15.2. The molecule has 1 aliphatic carbocycles. The molecule has 0 amide bonds. The summed E-state index contributed by atoms with van der Waals surface area (Å²) in [6.45, 7) is 0. The Bertz CT molecular complexity index is 2680. The molecule has 10 rings (SSSR count). The Morgan fingerprint density at radius 3 is 2.15 bits per heavy atom. The van der Waals surface area contributed by atoms with Crippen molar-refractivity contribution in [2.45, 2.75) is 18.5 Å². The third-order valence-electron chi connectivity index (χ3n) is 10.5. The maximum atomic E-state index is 5.40. The van der Waals surface area contributed by atoms with Crippen molar-refractivity contribution in [1.29, 1.82) is 0 Å². The number of hydrogen-bond acceptors (Lipinski definition) is 3. The molecule has 0 spiro atoms. The first-order valence-corrected chi connectivity index (χ1v) is 18.0. The molecule has 248 valence electrons. The Kier molecular flexibility index (Phi) is 7.31. The van der Waals surface area contributed by atoms with Gasteiger partial charge in [0.25, 0.3) is 0 Å². The Morgan fingerprint density at radius 1 is 0.615 bits per heavy atom. The third-order valence-corrected chi connectivity index (χ3v) is 10.5. The van der Waals surface area contributed by atoms with Crippen LogP contribution in [0, 0.1) is 0 Å². The van der Waals surface area contributed by atoms with Gasteiger partial charge >= 0.3 is 0 Å². The standard InChI is InChI=1S/C48H36N4/c1-4-14-33(15-5-1)42-32-47(50-48(49-42)35-17-6-2-7-18-35)52-43-22-12-10-16-34(43)24-25-38-30-36(27-29-44(38)52)37-26-28-41-40-21-11-13-23-45(40)51(46(41)31-37)39-19-8-3-9-20-39/h1-25,27-32,37,48-49H,26H2. The molecule has 2 unspecified atom stereocenters. The van der Waals surface area contributed by atoms with Gasteiger partial charge in [-0.1, -0.05) is 146 Å². The van der Waals surface area contributed by atoms with E-state index in [4.69, 9.17) is 4.99 Å². The molecule has 4 nitrogen and oxygen atoms in total. The third kappa shape index (κ3) is 5.19. The van der Waals surface area contributed by atoms with Crippen LogP contribution in [-0.2, 0) is 0 Å². The van der Waals surface area contributed by atoms with Crippen LogP contribution in [0.4, 0.5) is 11.4 Å². The van der Waals surface area contributed by atoms with Crippen molar-refractivity contribution in [3.63, 3.8) is 0 Å². The van der Waals surface area contributed by atoms with Gasteiger partial charge in [0.05, 0.1) is 22.2 Å². The second kappa shape index (κ2) is 12.6. The quantitative estimate of drug-likeness (QED) is 0.203. The fraction of sp³-hybridized carbons (Fsp3) is 0.0625. The van der Waals surface area contributed by atoms with Crippen molar-refractivity contribution < 1.29 is 0 Å². The van der Waals surface area contributed by atoms with E-state index in [1.165, 1.54) is 38.3 Å². The highest BCUT2D eigenvalue weighted by Gasteiger charge is 2.28. The van der Waals surface area contributed by atoms with Crippen molar-refractivity contribution in [2.24, 2.45) is 4.99 Å². The number of aromatic nitrogens is 1. The van der Waals surface area contributed by atoms with Gasteiger partial charge < -0.3 is 9.88 Å². The van der Waals surface area contributed by atoms with Gasteiger partial charge in [-0.15, -0.1) is 0 Å². The number of anilines is 2. The van der Waals surface area contributed by atoms with Gasteiger partial charge in [0.1, 0.15) is 12.0 Å². The summed E-state index contributed by atoms with van der Waals surface area (Å²) < 4.78 is 2.42. The van der Waals surface area contributed by atoms with Crippen molar-refractivity contribution in [3.05, 3.63) is 202 Å². The normalized spacial score (nSPS) is 17.3. The fourth-order valence-electron chi connectivity index (χ4n) is 8.00. The molecule has 0 fully saturated rings. The number of benzene rings is 6. The molecule has 0 bridgehead atoms. The van der Waals surface area contributed by atoms with E-state index in [0.29, 0.717) is 0 Å². The number of amidine groups is 1. The molecule has 0 saturated heterocycles. The second-order valence-corrected chi connectivity index (χ2v) is 13.6. The summed E-state index contributed by atoms with van der Waals surface area (Å²) in [5.41, 5.74) is 11.6. The molecular formula is C48H36N4. The Hall–Kier alpha value is -6.65. The zero-order valence-electron chi connectivity index (χ0n) is 28.6. The summed E-state index contributed by atoms with van der Waals surface area (Å²) in [6, 6.07) is 56.2. The lowest BCUT2D eigenvalue weighted by molar-refractivity contribution is 0.662. The molecule has 1 N–H and O–H groups in total. The number of hydrogen-bond donors (Lipinski definition) is 1. The molecule has 3 heterocycles. The molecule has 3 aliphatic rings. The minimum absolute atomic E-state index is 0.236. The topological polar surface area (TPSA) is 32.6 Å². The molecule has 7 aromatic rings. The molecule has 1 aromatic heterocycles. The van der Waals surface area contributed by atoms with Crippen molar-refractivity contribution >= 4 is 58.1 Å². The number of nitrogens with zero attached hydrogens (tertiary/aromatic N) is 3. The summed E-state index contributed by atoms with van der Waals surface area (Å²) in [7, 11) is 0. The summed E-state index contributed by atoms with van der Waals surface area (Å²) in [4.78, 5) is 7.74. The predicted octanol–water partition coefficient (Wildman–Crippen LogP) is 9.74. The zero-order valence-corrected chi connectivity index (χ0v) is 28.6. The highest BCUT2D eigenvalue weighted by Crippen LogP contribution is 2.40. The molecule has 0 saturated carbocycles. The summed E-state index contributed by atoms with van der Waals surface area (Å²) in [5.74, 6) is 1.13. The smallest absolute Gasteiger partial charge is 0.147 e. The van der Waals surface area contributed by atoms with Crippen LogP contribution in [0.3, 0.4) is 0 Å². The minimum Gasteiger partial charge on any atom is -0.359 e. The van der Waals surface area contributed by atoms with Crippen LogP contribution in [0.15, 0.2) is 169 Å². The zero-order chi connectivity index (χ0) is 34.4. The van der Waals surface area contributed by atoms with Gasteiger partial charge in [0, 0.05) is 34.0 Å².